The second-order valence-electron chi connectivity index (χ2n) is 8.09. The summed E-state index contributed by atoms with van der Waals surface area (Å²) >= 11 is 0. The summed E-state index contributed by atoms with van der Waals surface area (Å²) in [7, 11) is -0.242. The van der Waals surface area contributed by atoms with Gasteiger partial charge in [-0.05, 0) is 91.9 Å². The van der Waals surface area contributed by atoms with E-state index in [4.69, 9.17) is 5.80 Å². The fraction of sp³-hybridized carbons (Fsp3) is 0.571. The lowest BCUT2D eigenvalue weighted by atomic mass is 9.55. The predicted molar refractivity (Wildman–Crippen MR) is 99.7 cm³/mol. The van der Waals surface area contributed by atoms with Crippen molar-refractivity contribution in [1.29, 1.82) is 6.54 Å². The number of nitriles is 1. The average molecular weight is 341 g/mol. The molecular formula is C21H26NOP. The van der Waals surface area contributed by atoms with Crippen LogP contribution in [0.4, 0.5) is 0 Å². The van der Waals surface area contributed by atoms with E-state index in [2.05, 4.69) is 31.2 Å². The van der Waals surface area contributed by atoms with Crippen LogP contribution in [0, 0.1) is 28.6 Å². The number of nitrogens with zero attached hydrogens (tertiary/aromatic N) is 1. The highest BCUT2D eigenvalue weighted by atomic mass is 31.0. The first kappa shape index (κ1) is 15.0. The lowest BCUT2D eigenvalue weighted by Crippen LogP contribution is -2.40. The second kappa shape index (κ2) is 5.89. The fourth-order valence-corrected chi connectivity index (χ4v) is 6.25. The fourth-order valence-electron chi connectivity index (χ4n) is 6.12. The van der Waals surface area contributed by atoms with Crippen LogP contribution in [-0.2, 0) is 6.42 Å². The third kappa shape index (κ3) is 2.25. The van der Waals surface area contributed by atoms with Crippen molar-refractivity contribution in [2.24, 2.45) is 17.3 Å². The minimum absolute atomic E-state index is 0.242. The molecule has 2 nitrogen and oxygen atoms in total. The maximum atomic E-state index is 9.40. The van der Waals surface area contributed by atoms with Crippen molar-refractivity contribution in [2.45, 2.75) is 58.3 Å². The van der Waals surface area contributed by atoms with E-state index in [1.54, 1.807) is 0 Å². The lowest BCUT2D eigenvalue weighted by molar-refractivity contribution is 0.0810. The Morgan fingerprint density at radius 1 is 1.38 bits per heavy atom. The largest absolute Gasteiger partial charge is 0.480 e. The summed E-state index contributed by atoms with van der Waals surface area (Å²) in [4.78, 5) is 0. The molecular weight excluding hydrogens is 313 g/mol. The van der Waals surface area contributed by atoms with Gasteiger partial charge in [-0.25, -0.2) is 0 Å². The summed E-state index contributed by atoms with van der Waals surface area (Å²) in [5, 5.41) is 9.40. The molecule has 0 radical (unpaired) electrons. The van der Waals surface area contributed by atoms with Crippen molar-refractivity contribution in [2.75, 3.05) is 0 Å². The number of benzene rings is 1. The van der Waals surface area contributed by atoms with Crippen LogP contribution in [0.1, 0.15) is 63.0 Å². The van der Waals surface area contributed by atoms with E-state index in [1.165, 1.54) is 42.4 Å². The average Bonchev–Trinajstić information content (AvgIpc) is 2.98. The monoisotopic (exact) mass is 341 g/mol. The number of allylic oxidation sites excluding steroid dienone is 2. The number of hydrogen-bond acceptors (Lipinski definition) is 2. The number of aryl methyl sites for hydroxylation is 1. The molecule has 24 heavy (non-hydrogen) atoms. The maximum absolute atomic E-state index is 9.40. The Hall–Kier alpha value is -1.32. The first-order chi connectivity index (χ1) is 12.1. The molecule has 3 heteroatoms. The molecule has 0 N–H and O–H groups in total. The minimum Gasteiger partial charge on any atom is -0.480 e. The van der Waals surface area contributed by atoms with Crippen molar-refractivity contribution < 1.29 is 4.52 Å². The van der Waals surface area contributed by atoms with Crippen LogP contribution in [0.3, 0.4) is 0 Å². The van der Waals surface area contributed by atoms with Gasteiger partial charge < -0.3 is 4.52 Å². The first-order valence-electron chi connectivity index (χ1n) is 9.65. The third-order valence-electron chi connectivity index (χ3n) is 7.22. The van der Waals surface area contributed by atoms with Gasteiger partial charge in [0.15, 0.2) is 0 Å². The molecule has 0 aliphatic heterocycles. The lowest BCUT2D eigenvalue weighted by Gasteiger charge is -2.49. The molecule has 1 aromatic rings. The Kier molecular flexibility index (Phi) is 3.67. The summed E-state index contributed by atoms with van der Waals surface area (Å²) in [6.07, 6.45) is 7.18. The van der Waals surface area contributed by atoms with E-state index in [1.807, 2.05) is 6.92 Å². The highest BCUT2D eigenvalue weighted by molar-refractivity contribution is 7.10. The zero-order chi connectivity index (χ0) is 17.6. The summed E-state index contributed by atoms with van der Waals surface area (Å²) in [5.41, 5.74) is 5.62. The molecule has 5 unspecified atom stereocenters. The highest BCUT2D eigenvalue weighted by Gasteiger charge is 2.52. The number of rotatable bonds is 2. The Bertz CT molecular complexity index is 768. The molecule has 0 saturated heterocycles. The second-order valence-corrected chi connectivity index (χ2v) is 8.29. The van der Waals surface area contributed by atoms with Gasteiger partial charge >= 0.3 is 0 Å². The molecule has 0 amide bonds. The van der Waals surface area contributed by atoms with E-state index < -0.39 is 0 Å². The summed E-state index contributed by atoms with van der Waals surface area (Å²) in [5.74, 6) is 2.99. The highest BCUT2D eigenvalue weighted by Crippen LogP contribution is 2.63. The Balaban J connectivity index is 1.66. The van der Waals surface area contributed by atoms with Crippen LogP contribution >= 0.6 is 9.41 Å². The SMILES string of the molecule is [3H]POc1ccc2c(c1)CCC1C2CCC2(C)C(=C(C)C#N)CCC12. The summed E-state index contributed by atoms with van der Waals surface area (Å²) < 4.78 is 12.7. The van der Waals surface area contributed by atoms with Crippen LogP contribution in [0.25, 0.3) is 0 Å². The molecule has 3 aliphatic rings. The third-order valence-corrected chi connectivity index (χ3v) is 7.46. The molecule has 0 heterocycles. The van der Waals surface area contributed by atoms with Crippen molar-refractivity contribution in [1.82, 2.24) is 0 Å². The standard InChI is InChI=1S/C21H26NOP/c1-13(12-22)19-7-8-20-18-5-3-14-11-15(23-24)4-6-16(14)17(18)9-10-21(19,20)2/h4,6,11,17-18,20H,3,5,7-10,24H2,1-2H3/i24T. The first-order valence-corrected chi connectivity index (χ1v) is 9.56. The molecule has 1 aromatic carbocycles. The molecule has 4 rings (SSSR count). The number of hydrogen-bond donors (Lipinski definition) is 0. The van der Waals surface area contributed by atoms with Crippen molar-refractivity contribution >= 4 is 9.41 Å². The van der Waals surface area contributed by atoms with Crippen LogP contribution < -0.4 is 4.52 Å². The molecule has 2 fully saturated rings. The smallest absolute Gasteiger partial charge is 0.122 e. The maximum Gasteiger partial charge on any atom is 0.122 e. The molecule has 0 aromatic heterocycles. The van der Waals surface area contributed by atoms with E-state index in [9.17, 15) is 5.26 Å². The molecule has 5 atom stereocenters. The summed E-state index contributed by atoms with van der Waals surface area (Å²) in [6.45, 7) is 4.44. The Morgan fingerprint density at radius 2 is 2.25 bits per heavy atom. The van der Waals surface area contributed by atoms with Crippen LogP contribution in [0.2, 0.25) is 0 Å². The van der Waals surface area contributed by atoms with Gasteiger partial charge in [0.2, 0.25) is 0 Å². The molecule has 2 saturated carbocycles. The molecule has 0 spiro atoms. The Labute approximate surface area is 148 Å². The zero-order valence-corrected chi connectivity index (χ0v) is 15.6. The van der Waals surface area contributed by atoms with Gasteiger partial charge in [0.05, 0.1) is 16.8 Å². The molecule has 126 valence electrons. The van der Waals surface area contributed by atoms with E-state index in [0.29, 0.717) is 5.92 Å². The van der Waals surface area contributed by atoms with Crippen LogP contribution in [-0.4, -0.2) is 1.28 Å². The molecule has 3 aliphatic carbocycles. The number of fused-ring (bicyclic) bond motifs is 5. The van der Waals surface area contributed by atoms with E-state index >= 15 is 0 Å². The van der Waals surface area contributed by atoms with Gasteiger partial charge in [0, 0.05) is 5.57 Å². The van der Waals surface area contributed by atoms with Gasteiger partial charge in [-0.2, -0.15) is 5.26 Å². The van der Waals surface area contributed by atoms with Crippen LogP contribution in [0.5, 0.6) is 5.75 Å². The van der Waals surface area contributed by atoms with Crippen molar-refractivity contribution in [3.05, 3.63) is 40.5 Å². The van der Waals surface area contributed by atoms with Crippen LogP contribution in [0.15, 0.2) is 29.3 Å². The minimum atomic E-state index is -0.242. The zero-order valence-electron chi connectivity index (χ0n) is 15.6. The quantitative estimate of drug-likeness (QED) is 0.522. The predicted octanol–water partition coefficient (Wildman–Crippen LogP) is 5.55. The van der Waals surface area contributed by atoms with Gasteiger partial charge in [0.25, 0.3) is 0 Å². The van der Waals surface area contributed by atoms with Crippen molar-refractivity contribution in [3.8, 4) is 11.8 Å². The van der Waals surface area contributed by atoms with Gasteiger partial charge in [-0.3, -0.25) is 0 Å². The van der Waals surface area contributed by atoms with E-state index in [-0.39, 0.29) is 14.8 Å². The summed E-state index contributed by atoms with van der Waals surface area (Å²) in [6, 6.07) is 8.90. The van der Waals surface area contributed by atoms with Gasteiger partial charge in [-0.1, -0.05) is 18.6 Å². The van der Waals surface area contributed by atoms with Gasteiger partial charge in [0.1, 0.15) is 5.75 Å². The Morgan fingerprint density at radius 3 is 3.04 bits per heavy atom. The van der Waals surface area contributed by atoms with Gasteiger partial charge in [-0.15, -0.1) is 0 Å². The van der Waals surface area contributed by atoms with Crippen molar-refractivity contribution in [3.63, 3.8) is 0 Å². The topological polar surface area (TPSA) is 33.0 Å². The normalized spacial score (nSPS) is 37.2. The molecule has 0 bridgehead atoms. The van der Waals surface area contributed by atoms with E-state index in [0.717, 1.165) is 36.0 Å².